The molecule has 0 amide bonds. The quantitative estimate of drug-likeness (QED) is 0.502. The second-order valence-electron chi connectivity index (χ2n) is 6.99. The molecule has 1 aliphatic rings. The molecule has 4 rings (SSSR count). The molecule has 0 spiro atoms. The Morgan fingerprint density at radius 3 is 2.47 bits per heavy atom. The number of benzene rings is 3. The van der Waals surface area contributed by atoms with E-state index in [-0.39, 0.29) is 23.8 Å². The first-order valence-corrected chi connectivity index (χ1v) is 10.1. The van der Waals surface area contributed by atoms with E-state index in [0.29, 0.717) is 22.9 Å². The highest BCUT2D eigenvalue weighted by Crippen LogP contribution is 2.38. The van der Waals surface area contributed by atoms with Crippen molar-refractivity contribution in [3.05, 3.63) is 100 Å². The molecular weight excluding hydrogens is 403 g/mol. The number of nitrogens with one attached hydrogen (secondary N) is 2. The topological polar surface area (TPSA) is 53.5 Å². The molecule has 0 aliphatic carbocycles. The zero-order chi connectivity index (χ0) is 21.1. The molecule has 0 aromatic heterocycles. The van der Waals surface area contributed by atoms with Crippen LogP contribution in [-0.4, -0.2) is 11.7 Å². The van der Waals surface area contributed by atoms with Crippen LogP contribution in [0.5, 0.6) is 11.5 Å². The Balaban J connectivity index is 1.75. The first-order valence-electron chi connectivity index (χ1n) is 9.75. The maximum Gasteiger partial charge on any atom is 0.162 e. The van der Waals surface area contributed by atoms with Gasteiger partial charge in [-0.1, -0.05) is 48.0 Å². The van der Waals surface area contributed by atoms with Gasteiger partial charge in [-0.3, -0.25) is 5.32 Å². The molecule has 4 nitrogen and oxygen atoms in total. The third kappa shape index (κ3) is 4.27. The smallest absolute Gasteiger partial charge is 0.162 e. The zero-order valence-electron chi connectivity index (χ0n) is 16.4. The summed E-state index contributed by atoms with van der Waals surface area (Å²) in [6.07, 6.45) is 1.72. The van der Waals surface area contributed by atoms with Gasteiger partial charge in [0.15, 0.2) is 11.5 Å². The molecule has 6 heteroatoms. The molecule has 1 heterocycles. The number of phenolic OH excluding ortho intramolecular Hbond substituents is 1. The predicted molar refractivity (Wildman–Crippen MR) is 117 cm³/mol. The number of phenols is 1. The molecule has 0 bridgehead atoms. The second kappa shape index (κ2) is 8.78. The van der Waals surface area contributed by atoms with E-state index < -0.39 is 0 Å². The molecule has 30 heavy (non-hydrogen) atoms. The van der Waals surface area contributed by atoms with Crippen molar-refractivity contribution in [2.45, 2.75) is 19.1 Å². The van der Waals surface area contributed by atoms with Crippen LogP contribution in [0.1, 0.15) is 35.8 Å². The van der Waals surface area contributed by atoms with E-state index in [1.165, 1.54) is 12.1 Å². The molecule has 3 N–H and O–H groups in total. The normalized spacial score (nSPS) is 18.4. The Morgan fingerprint density at radius 2 is 1.77 bits per heavy atom. The van der Waals surface area contributed by atoms with Crippen LogP contribution in [0.15, 0.2) is 72.8 Å². The summed E-state index contributed by atoms with van der Waals surface area (Å²) >= 11 is 6.05. The van der Waals surface area contributed by atoms with E-state index >= 15 is 0 Å². The van der Waals surface area contributed by atoms with Crippen LogP contribution >= 0.6 is 11.6 Å². The Hall–Kier alpha value is -3.02. The average Bonchev–Trinajstić information content (AvgIpc) is 2.76. The van der Waals surface area contributed by atoms with Crippen LogP contribution in [0.3, 0.4) is 0 Å². The predicted octanol–water partition coefficient (Wildman–Crippen LogP) is 5.56. The van der Waals surface area contributed by atoms with Crippen molar-refractivity contribution in [2.24, 2.45) is 0 Å². The maximum atomic E-state index is 13.4. The van der Waals surface area contributed by atoms with Crippen molar-refractivity contribution in [1.82, 2.24) is 10.6 Å². The lowest BCUT2D eigenvalue weighted by molar-refractivity contribution is 0.314. The lowest BCUT2D eigenvalue weighted by atomic mass is 9.97. The first-order chi connectivity index (χ1) is 14.5. The van der Waals surface area contributed by atoms with Crippen molar-refractivity contribution in [3.8, 4) is 11.5 Å². The van der Waals surface area contributed by atoms with Crippen LogP contribution < -0.4 is 15.4 Å². The van der Waals surface area contributed by atoms with Crippen molar-refractivity contribution in [3.63, 3.8) is 0 Å². The first kappa shape index (κ1) is 20.3. The van der Waals surface area contributed by atoms with Crippen LogP contribution in [0.4, 0.5) is 4.39 Å². The summed E-state index contributed by atoms with van der Waals surface area (Å²) in [5.41, 5.74) is 3.41. The molecular formula is C24H22ClFN2O2. The van der Waals surface area contributed by atoms with Crippen molar-refractivity contribution < 1.29 is 14.2 Å². The number of aromatic hydroxyl groups is 1. The molecule has 0 radical (unpaired) electrons. The third-order valence-corrected chi connectivity index (χ3v) is 5.26. The fraction of sp³-hybridized carbons (Fsp3) is 0.167. The van der Waals surface area contributed by atoms with E-state index in [4.69, 9.17) is 16.3 Å². The zero-order valence-corrected chi connectivity index (χ0v) is 17.2. The monoisotopic (exact) mass is 424 g/mol. The van der Waals surface area contributed by atoms with E-state index in [2.05, 4.69) is 10.6 Å². The molecule has 0 saturated heterocycles. The lowest BCUT2D eigenvalue weighted by Gasteiger charge is -2.33. The molecule has 3 aromatic rings. The summed E-state index contributed by atoms with van der Waals surface area (Å²) in [7, 11) is 0. The summed E-state index contributed by atoms with van der Waals surface area (Å²) in [5, 5.41) is 18.4. The summed E-state index contributed by atoms with van der Waals surface area (Å²) in [6.45, 7) is 2.33. The van der Waals surface area contributed by atoms with Gasteiger partial charge in [0.05, 0.1) is 12.6 Å². The number of rotatable bonds is 5. The van der Waals surface area contributed by atoms with Crippen LogP contribution in [-0.2, 0) is 0 Å². The summed E-state index contributed by atoms with van der Waals surface area (Å²) in [6, 6.07) is 19.0. The van der Waals surface area contributed by atoms with Crippen LogP contribution in [0.2, 0.25) is 5.02 Å². The Kier molecular flexibility index (Phi) is 5.93. The van der Waals surface area contributed by atoms with Gasteiger partial charge in [0.1, 0.15) is 12.0 Å². The van der Waals surface area contributed by atoms with Gasteiger partial charge in [0.25, 0.3) is 0 Å². The number of para-hydroxylation sites is 1. The minimum atomic E-state index is -0.299. The molecule has 0 saturated carbocycles. The van der Waals surface area contributed by atoms with Gasteiger partial charge in [-0.15, -0.1) is 0 Å². The van der Waals surface area contributed by atoms with Crippen molar-refractivity contribution in [2.75, 3.05) is 6.61 Å². The number of hydrogen-bond donors (Lipinski definition) is 3. The molecule has 3 aromatic carbocycles. The van der Waals surface area contributed by atoms with E-state index in [1.807, 2.05) is 49.4 Å². The van der Waals surface area contributed by atoms with E-state index in [9.17, 15) is 9.50 Å². The van der Waals surface area contributed by atoms with Crippen molar-refractivity contribution >= 4 is 17.3 Å². The highest BCUT2D eigenvalue weighted by Gasteiger charge is 2.26. The standard InChI is InChI=1S/C24H22ClFN2O2/c1-2-30-22-5-3-4-19(23(22)29)21-14-20(15-6-10-17(25)11-7-15)27-24(28-21)16-8-12-18(26)13-9-16/h3-14,21,24,27-29H,2H2,1H3. The maximum absolute atomic E-state index is 13.4. The Bertz CT molecular complexity index is 1050. The average molecular weight is 425 g/mol. The SMILES string of the molecule is CCOc1cccc(C2C=C(c3ccc(Cl)cc3)NC(c3ccc(F)cc3)N2)c1O. The molecule has 2 atom stereocenters. The Morgan fingerprint density at radius 1 is 1.03 bits per heavy atom. The second-order valence-corrected chi connectivity index (χ2v) is 7.42. The van der Waals surface area contributed by atoms with Gasteiger partial charge >= 0.3 is 0 Å². The van der Waals surface area contributed by atoms with Crippen molar-refractivity contribution in [1.29, 1.82) is 0 Å². The van der Waals surface area contributed by atoms with Gasteiger partial charge in [-0.2, -0.15) is 0 Å². The molecule has 154 valence electrons. The van der Waals surface area contributed by atoms with E-state index in [0.717, 1.165) is 16.8 Å². The van der Waals surface area contributed by atoms with E-state index in [1.54, 1.807) is 18.2 Å². The third-order valence-electron chi connectivity index (χ3n) is 5.00. The number of hydrogen-bond acceptors (Lipinski definition) is 4. The Labute approximate surface area is 180 Å². The van der Waals surface area contributed by atoms with Gasteiger partial charge < -0.3 is 15.2 Å². The fourth-order valence-corrected chi connectivity index (χ4v) is 3.65. The highest BCUT2D eigenvalue weighted by molar-refractivity contribution is 6.30. The molecule has 0 fully saturated rings. The van der Waals surface area contributed by atoms with Gasteiger partial charge in [0, 0.05) is 16.3 Å². The molecule has 1 aliphatic heterocycles. The largest absolute Gasteiger partial charge is 0.504 e. The van der Waals surface area contributed by atoms with Gasteiger partial charge in [-0.25, -0.2) is 4.39 Å². The summed E-state index contributed by atoms with van der Waals surface area (Å²) in [4.78, 5) is 0. The van der Waals surface area contributed by atoms with Gasteiger partial charge in [-0.05, 0) is 54.5 Å². The number of halogens is 2. The summed E-state index contributed by atoms with van der Waals surface area (Å²) in [5.74, 6) is 0.250. The molecule has 2 unspecified atom stereocenters. The lowest BCUT2D eigenvalue weighted by Crippen LogP contribution is -2.39. The highest BCUT2D eigenvalue weighted by atomic mass is 35.5. The number of ether oxygens (including phenoxy) is 1. The van der Waals surface area contributed by atoms with Crippen LogP contribution in [0.25, 0.3) is 5.70 Å². The minimum absolute atomic E-state index is 0.100. The van der Waals surface area contributed by atoms with Crippen LogP contribution in [0, 0.1) is 5.82 Å². The minimum Gasteiger partial charge on any atom is -0.504 e. The summed E-state index contributed by atoms with van der Waals surface area (Å²) < 4.78 is 19.0. The van der Waals surface area contributed by atoms with Gasteiger partial charge in [0.2, 0.25) is 0 Å². The fourth-order valence-electron chi connectivity index (χ4n) is 3.53.